The molecule has 0 aromatic carbocycles. The molecule has 0 saturated heterocycles. The van der Waals surface area contributed by atoms with Gasteiger partial charge < -0.3 is 10.6 Å². The van der Waals surface area contributed by atoms with Crippen molar-refractivity contribution in [3.05, 3.63) is 29.3 Å². The summed E-state index contributed by atoms with van der Waals surface area (Å²) in [7, 11) is 0. The van der Waals surface area contributed by atoms with Gasteiger partial charge >= 0.3 is 0 Å². The summed E-state index contributed by atoms with van der Waals surface area (Å²) in [6, 6.07) is 1.37. The smallest absolute Gasteiger partial charge is 0.282 e. The van der Waals surface area contributed by atoms with E-state index in [9.17, 15) is 18.4 Å². The van der Waals surface area contributed by atoms with Crippen molar-refractivity contribution in [3.63, 3.8) is 0 Å². The minimum absolute atomic E-state index is 0.125. The van der Waals surface area contributed by atoms with Crippen LogP contribution in [0.15, 0.2) is 12.3 Å². The molecule has 0 aliphatic heterocycles. The molecule has 0 spiro atoms. The Labute approximate surface area is 161 Å². The molecule has 0 atom stereocenters. The molecular weight excluding hydrogens is 370 g/mol. The Morgan fingerprint density at radius 1 is 1.29 bits per heavy atom. The Kier molecular flexibility index (Phi) is 6.05. The van der Waals surface area contributed by atoms with Crippen molar-refractivity contribution in [1.29, 1.82) is 0 Å². The summed E-state index contributed by atoms with van der Waals surface area (Å²) < 4.78 is 28.8. The number of nitrogens with one attached hydrogen (secondary N) is 2. The molecule has 10 heteroatoms. The molecule has 1 saturated carbocycles. The van der Waals surface area contributed by atoms with E-state index in [4.69, 9.17) is 0 Å². The molecule has 2 aromatic heterocycles. The second kappa shape index (κ2) is 8.49. The zero-order valence-electron chi connectivity index (χ0n) is 15.9. The third-order valence-electron chi connectivity index (χ3n) is 4.45. The van der Waals surface area contributed by atoms with Crippen LogP contribution in [0.5, 0.6) is 0 Å². The molecule has 1 aliphatic rings. The molecule has 0 unspecified atom stereocenters. The number of halogens is 2. The lowest BCUT2D eigenvalue weighted by molar-refractivity contribution is -0.117. The van der Waals surface area contributed by atoms with Gasteiger partial charge in [0.2, 0.25) is 5.91 Å². The van der Waals surface area contributed by atoms with Gasteiger partial charge in [0.05, 0.1) is 5.69 Å². The van der Waals surface area contributed by atoms with Gasteiger partial charge in [-0.25, -0.2) is 8.78 Å². The normalized spacial score (nSPS) is 13.8. The lowest BCUT2D eigenvalue weighted by atomic mass is 10.2. The molecule has 3 rings (SSSR count). The van der Waals surface area contributed by atoms with Crippen LogP contribution in [0.25, 0.3) is 0 Å². The van der Waals surface area contributed by atoms with Gasteiger partial charge in [0.15, 0.2) is 5.69 Å². The molecule has 2 N–H and O–H groups in total. The maximum Gasteiger partial charge on any atom is 0.282 e. The number of carbonyl (C=O) groups excluding carboxylic acids is 2. The SMILES string of the molecule is CCCNC(=O)c1nn(CC)cc1NC(=O)Cn1nc(C(F)F)cc1C1CC1. The van der Waals surface area contributed by atoms with Crippen LogP contribution in [-0.4, -0.2) is 37.9 Å². The summed E-state index contributed by atoms with van der Waals surface area (Å²) in [6.45, 7) is 4.63. The highest BCUT2D eigenvalue weighted by Gasteiger charge is 2.30. The first kappa shape index (κ1) is 20.0. The number of anilines is 1. The average molecular weight is 394 g/mol. The number of alkyl halides is 2. The van der Waals surface area contributed by atoms with E-state index in [2.05, 4.69) is 20.8 Å². The summed E-state index contributed by atoms with van der Waals surface area (Å²) in [6.07, 6.45) is 1.48. The summed E-state index contributed by atoms with van der Waals surface area (Å²) in [5, 5.41) is 13.5. The van der Waals surface area contributed by atoms with Crippen LogP contribution >= 0.6 is 0 Å². The highest BCUT2D eigenvalue weighted by Crippen LogP contribution is 2.41. The molecule has 0 bridgehead atoms. The van der Waals surface area contributed by atoms with E-state index >= 15 is 0 Å². The largest absolute Gasteiger partial charge is 0.351 e. The van der Waals surface area contributed by atoms with Crippen molar-refractivity contribution in [2.75, 3.05) is 11.9 Å². The minimum Gasteiger partial charge on any atom is -0.351 e. The van der Waals surface area contributed by atoms with E-state index in [-0.39, 0.29) is 35.4 Å². The molecule has 1 fully saturated rings. The van der Waals surface area contributed by atoms with Crippen molar-refractivity contribution in [3.8, 4) is 0 Å². The Bertz CT molecular complexity index is 856. The predicted molar refractivity (Wildman–Crippen MR) is 98.3 cm³/mol. The second-order valence-corrected chi connectivity index (χ2v) is 6.78. The first-order valence-corrected chi connectivity index (χ1v) is 9.44. The monoisotopic (exact) mass is 394 g/mol. The van der Waals surface area contributed by atoms with Crippen molar-refractivity contribution in [1.82, 2.24) is 24.9 Å². The highest BCUT2D eigenvalue weighted by atomic mass is 19.3. The topological polar surface area (TPSA) is 93.8 Å². The van der Waals surface area contributed by atoms with Crippen molar-refractivity contribution in [2.45, 2.75) is 58.5 Å². The van der Waals surface area contributed by atoms with Gasteiger partial charge in [-0.15, -0.1) is 0 Å². The third kappa shape index (κ3) is 4.55. The van der Waals surface area contributed by atoms with Gasteiger partial charge in [-0.2, -0.15) is 10.2 Å². The van der Waals surface area contributed by atoms with Crippen LogP contribution in [0.2, 0.25) is 0 Å². The Morgan fingerprint density at radius 3 is 2.64 bits per heavy atom. The maximum atomic E-state index is 13.0. The Hall–Kier alpha value is -2.78. The number of aromatic nitrogens is 4. The number of hydrogen-bond acceptors (Lipinski definition) is 4. The number of hydrogen-bond donors (Lipinski definition) is 2. The average Bonchev–Trinajstić information content (AvgIpc) is 3.29. The zero-order valence-corrected chi connectivity index (χ0v) is 15.9. The van der Waals surface area contributed by atoms with Crippen LogP contribution < -0.4 is 10.6 Å². The minimum atomic E-state index is -2.68. The van der Waals surface area contributed by atoms with Gasteiger partial charge in [-0.3, -0.25) is 19.0 Å². The van der Waals surface area contributed by atoms with Gasteiger partial charge in [0.1, 0.15) is 12.2 Å². The fourth-order valence-electron chi connectivity index (χ4n) is 2.88. The van der Waals surface area contributed by atoms with Crippen LogP contribution in [-0.2, 0) is 17.9 Å². The quantitative estimate of drug-likeness (QED) is 0.684. The number of amides is 2. The van der Waals surface area contributed by atoms with Crippen molar-refractivity contribution in [2.24, 2.45) is 0 Å². The summed E-state index contributed by atoms with van der Waals surface area (Å²) in [5.74, 6) is -0.654. The van der Waals surface area contributed by atoms with E-state index in [1.54, 1.807) is 10.9 Å². The Balaban J connectivity index is 1.75. The lowest BCUT2D eigenvalue weighted by Crippen LogP contribution is -2.27. The molecular formula is C18H24F2N6O2. The number of carbonyl (C=O) groups is 2. The summed E-state index contributed by atoms with van der Waals surface area (Å²) in [5.41, 5.74) is 0.734. The first-order valence-electron chi connectivity index (χ1n) is 9.44. The first-order chi connectivity index (χ1) is 13.4. The second-order valence-electron chi connectivity index (χ2n) is 6.78. The summed E-state index contributed by atoms with van der Waals surface area (Å²) >= 11 is 0. The van der Waals surface area contributed by atoms with Crippen LogP contribution in [0.4, 0.5) is 14.5 Å². The number of nitrogens with zero attached hydrogens (tertiary/aromatic N) is 4. The van der Waals surface area contributed by atoms with Crippen LogP contribution in [0.1, 0.15) is 67.3 Å². The van der Waals surface area contributed by atoms with Crippen LogP contribution in [0.3, 0.4) is 0 Å². The molecule has 1 aliphatic carbocycles. The van der Waals surface area contributed by atoms with Crippen LogP contribution in [0, 0.1) is 0 Å². The molecule has 2 heterocycles. The Morgan fingerprint density at radius 2 is 2.04 bits per heavy atom. The van der Waals surface area contributed by atoms with Gasteiger partial charge in [0.25, 0.3) is 12.3 Å². The van der Waals surface area contributed by atoms with Gasteiger partial charge in [-0.05, 0) is 32.3 Å². The van der Waals surface area contributed by atoms with Crippen molar-refractivity contribution < 1.29 is 18.4 Å². The van der Waals surface area contributed by atoms with E-state index in [1.165, 1.54) is 10.7 Å². The molecule has 0 radical (unpaired) electrons. The fourth-order valence-corrected chi connectivity index (χ4v) is 2.88. The molecule has 8 nitrogen and oxygen atoms in total. The van der Waals surface area contributed by atoms with Gasteiger partial charge in [-0.1, -0.05) is 6.92 Å². The van der Waals surface area contributed by atoms with E-state index < -0.39 is 12.3 Å². The van der Waals surface area contributed by atoms with E-state index in [0.29, 0.717) is 18.8 Å². The van der Waals surface area contributed by atoms with Gasteiger partial charge in [0, 0.05) is 30.9 Å². The maximum absolute atomic E-state index is 13.0. The molecule has 28 heavy (non-hydrogen) atoms. The standard InChI is InChI=1S/C18H24F2N6O2/c1-3-7-21-18(28)16-13(9-25(4-2)24-16)22-15(27)10-26-14(11-5-6-11)8-12(23-26)17(19)20/h8-9,11,17H,3-7,10H2,1-2H3,(H,21,28)(H,22,27). The number of aryl methyl sites for hydroxylation is 1. The van der Waals surface area contributed by atoms with E-state index in [1.807, 2.05) is 13.8 Å². The lowest BCUT2D eigenvalue weighted by Gasteiger charge is -2.08. The highest BCUT2D eigenvalue weighted by molar-refractivity contribution is 6.02. The zero-order chi connectivity index (χ0) is 20.3. The third-order valence-corrected chi connectivity index (χ3v) is 4.45. The summed E-state index contributed by atoms with van der Waals surface area (Å²) in [4.78, 5) is 24.8. The van der Waals surface area contributed by atoms with Crippen molar-refractivity contribution >= 4 is 17.5 Å². The number of rotatable bonds is 9. The molecule has 152 valence electrons. The fraction of sp³-hybridized carbons (Fsp3) is 0.556. The van der Waals surface area contributed by atoms with E-state index in [0.717, 1.165) is 19.3 Å². The molecule has 2 amide bonds. The predicted octanol–water partition coefficient (Wildman–Crippen LogP) is 2.69. The molecule has 2 aromatic rings.